The van der Waals surface area contributed by atoms with Crippen molar-refractivity contribution in [2.75, 3.05) is 4.90 Å². The molecule has 1 heteroatoms. The summed E-state index contributed by atoms with van der Waals surface area (Å²) < 4.78 is 0. The SMILES string of the molecule is CC(C)(C)c1ccc2c(c1)C(C)(C)c1cc(C(C)(C)C)cc(N(c3ccc4c(c3)C(C)(C)c3ccccc3-4)c3ccc4c(c3)C3(c5ccccc5-c5ccccc53)c3ccccc3-4)c1-2. The van der Waals surface area contributed by atoms with E-state index in [0.717, 1.165) is 0 Å². The van der Waals surface area contributed by atoms with Crippen molar-refractivity contribution in [3.8, 4) is 44.5 Å². The summed E-state index contributed by atoms with van der Waals surface area (Å²) in [6, 6.07) is 63.6. The fourth-order valence-electron chi connectivity index (χ4n) is 12.4. The maximum Gasteiger partial charge on any atom is 0.0726 e. The molecule has 12 rings (SSSR count). The molecule has 0 aromatic heterocycles. The molecule has 0 bridgehead atoms. The van der Waals surface area contributed by atoms with Crippen molar-refractivity contribution in [3.63, 3.8) is 0 Å². The van der Waals surface area contributed by atoms with Crippen LogP contribution in [0.5, 0.6) is 0 Å². The number of anilines is 3. The smallest absolute Gasteiger partial charge is 0.0726 e. The van der Waals surface area contributed by atoms with E-state index in [1.807, 2.05) is 0 Å². The molecule has 0 radical (unpaired) electrons. The van der Waals surface area contributed by atoms with E-state index in [0.29, 0.717) is 0 Å². The van der Waals surface area contributed by atoms with Crippen LogP contribution in [0.25, 0.3) is 44.5 Å². The lowest BCUT2D eigenvalue weighted by Gasteiger charge is -2.34. The van der Waals surface area contributed by atoms with Crippen molar-refractivity contribution >= 4 is 17.1 Å². The Morgan fingerprint density at radius 2 is 0.719 bits per heavy atom. The van der Waals surface area contributed by atoms with Gasteiger partial charge < -0.3 is 4.90 Å². The Morgan fingerprint density at radius 3 is 1.25 bits per heavy atom. The Morgan fingerprint density at radius 1 is 0.328 bits per heavy atom. The quantitative estimate of drug-likeness (QED) is 0.171. The molecule has 0 amide bonds. The third-order valence-electron chi connectivity index (χ3n) is 15.8. The molecule has 314 valence electrons. The Balaban J connectivity index is 1.18. The molecule has 0 atom stereocenters. The van der Waals surface area contributed by atoms with Crippen LogP contribution in [0.1, 0.15) is 125 Å². The van der Waals surface area contributed by atoms with Gasteiger partial charge in [0.1, 0.15) is 0 Å². The van der Waals surface area contributed by atoms with Crippen LogP contribution in [-0.2, 0) is 27.1 Å². The van der Waals surface area contributed by atoms with E-state index in [-0.39, 0.29) is 21.7 Å². The minimum absolute atomic E-state index is 0.0372. The normalized spacial score (nSPS) is 16.0. The molecule has 8 aromatic rings. The lowest BCUT2D eigenvalue weighted by molar-refractivity contribution is 0.580. The van der Waals surface area contributed by atoms with Gasteiger partial charge in [-0.15, -0.1) is 0 Å². The third-order valence-corrected chi connectivity index (χ3v) is 15.8. The predicted molar refractivity (Wildman–Crippen MR) is 270 cm³/mol. The average molecular weight is 828 g/mol. The first-order chi connectivity index (χ1) is 30.5. The Kier molecular flexibility index (Phi) is 7.87. The van der Waals surface area contributed by atoms with E-state index in [9.17, 15) is 0 Å². The fraction of sp³-hybridized carbons (Fsp3) is 0.238. The van der Waals surface area contributed by atoms with Crippen molar-refractivity contribution in [1.82, 2.24) is 0 Å². The van der Waals surface area contributed by atoms with Gasteiger partial charge in [-0.1, -0.05) is 203 Å². The highest BCUT2D eigenvalue weighted by Gasteiger charge is 2.52. The maximum atomic E-state index is 2.64. The molecule has 8 aromatic carbocycles. The standard InChI is InChI=1S/C63H57N/c1-59(2,3)38-27-30-48-53(33-38)62(9,10)56-34-39(60(4,5)6)35-57(58(48)56)64(40-28-31-46-42-19-11-15-23-49(42)61(7,8)54(46)36-40)41-29-32-47-45-22-14-18-26-52(45)63(55(47)37-41)50-24-16-12-20-43(50)44-21-13-17-25-51(44)63/h11-37H,1-10H3. The van der Waals surface area contributed by atoms with Gasteiger partial charge in [0.05, 0.1) is 11.1 Å². The molecule has 0 fully saturated rings. The first kappa shape index (κ1) is 39.2. The highest BCUT2D eigenvalue weighted by molar-refractivity contribution is 5.99. The molecule has 0 heterocycles. The summed E-state index contributed by atoms with van der Waals surface area (Å²) in [4.78, 5) is 2.64. The summed E-state index contributed by atoms with van der Waals surface area (Å²) in [6.45, 7) is 23.8. The van der Waals surface area contributed by atoms with E-state index < -0.39 is 5.41 Å². The molecule has 1 spiro atoms. The van der Waals surface area contributed by atoms with Crippen LogP contribution < -0.4 is 4.90 Å². The molecule has 4 aliphatic rings. The number of fused-ring (bicyclic) bond motifs is 16. The van der Waals surface area contributed by atoms with E-state index in [1.54, 1.807) is 0 Å². The second-order valence-electron chi connectivity index (χ2n) is 22.2. The molecule has 0 unspecified atom stereocenters. The minimum Gasteiger partial charge on any atom is -0.310 e. The number of hydrogen-bond acceptors (Lipinski definition) is 1. The van der Waals surface area contributed by atoms with Gasteiger partial charge in [0.25, 0.3) is 0 Å². The molecule has 0 saturated heterocycles. The zero-order valence-corrected chi connectivity index (χ0v) is 39.0. The van der Waals surface area contributed by atoms with Crippen molar-refractivity contribution in [3.05, 3.63) is 219 Å². The van der Waals surface area contributed by atoms with Crippen LogP contribution in [0.4, 0.5) is 17.1 Å². The van der Waals surface area contributed by atoms with Gasteiger partial charge in [-0.2, -0.15) is 0 Å². The third kappa shape index (κ3) is 5.07. The van der Waals surface area contributed by atoms with Crippen LogP contribution in [0, 0.1) is 0 Å². The minimum atomic E-state index is -0.449. The second-order valence-corrected chi connectivity index (χ2v) is 22.2. The lowest BCUT2D eigenvalue weighted by Crippen LogP contribution is -2.26. The van der Waals surface area contributed by atoms with Crippen LogP contribution in [0.15, 0.2) is 164 Å². The van der Waals surface area contributed by atoms with Crippen LogP contribution in [0.2, 0.25) is 0 Å². The van der Waals surface area contributed by atoms with Crippen molar-refractivity contribution < 1.29 is 0 Å². The fourth-order valence-corrected chi connectivity index (χ4v) is 12.4. The molecule has 4 aliphatic carbocycles. The predicted octanol–water partition coefficient (Wildman–Crippen LogP) is 16.7. The summed E-state index contributed by atoms with van der Waals surface area (Å²) in [5, 5.41) is 0. The van der Waals surface area contributed by atoms with Crippen molar-refractivity contribution in [2.45, 2.75) is 96.3 Å². The number of rotatable bonds is 3. The van der Waals surface area contributed by atoms with Gasteiger partial charge in [-0.25, -0.2) is 0 Å². The molecule has 1 nitrogen and oxygen atoms in total. The van der Waals surface area contributed by atoms with Gasteiger partial charge in [0.2, 0.25) is 0 Å². The van der Waals surface area contributed by atoms with Gasteiger partial charge in [0.15, 0.2) is 0 Å². The van der Waals surface area contributed by atoms with Gasteiger partial charge in [0, 0.05) is 27.8 Å². The zero-order valence-electron chi connectivity index (χ0n) is 39.0. The lowest BCUT2D eigenvalue weighted by atomic mass is 9.70. The first-order valence-corrected chi connectivity index (χ1v) is 23.3. The molecular formula is C63H57N. The van der Waals surface area contributed by atoms with E-state index in [4.69, 9.17) is 0 Å². The second kappa shape index (κ2) is 12.9. The van der Waals surface area contributed by atoms with Gasteiger partial charge in [-0.3, -0.25) is 0 Å². The number of benzene rings is 8. The summed E-state index contributed by atoms with van der Waals surface area (Å²) in [5.41, 5.74) is 27.1. The summed E-state index contributed by atoms with van der Waals surface area (Å²) >= 11 is 0. The molecular weight excluding hydrogens is 771 g/mol. The largest absolute Gasteiger partial charge is 0.310 e. The van der Waals surface area contributed by atoms with Crippen LogP contribution >= 0.6 is 0 Å². The van der Waals surface area contributed by atoms with Crippen molar-refractivity contribution in [1.29, 1.82) is 0 Å². The van der Waals surface area contributed by atoms with E-state index in [2.05, 4.69) is 238 Å². The highest BCUT2D eigenvalue weighted by atomic mass is 15.1. The molecule has 64 heavy (non-hydrogen) atoms. The summed E-state index contributed by atoms with van der Waals surface area (Å²) in [6.07, 6.45) is 0. The highest BCUT2D eigenvalue weighted by Crippen LogP contribution is 2.64. The Bertz CT molecular complexity index is 3240. The topological polar surface area (TPSA) is 3.24 Å². The summed E-state index contributed by atoms with van der Waals surface area (Å²) in [7, 11) is 0. The van der Waals surface area contributed by atoms with Crippen molar-refractivity contribution in [2.24, 2.45) is 0 Å². The van der Waals surface area contributed by atoms with E-state index in [1.165, 1.54) is 117 Å². The first-order valence-electron chi connectivity index (χ1n) is 23.3. The number of nitrogens with zero attached hydrogens (tertiary/aromatic N) is 1. The Hall–Kier alpha value is -6.44. The Labute approximate surface area is 380 Å². The van der Waals surface area contributed by atoms with Gasteiger partial charge in [-0.05, 0) is 136 Å². The number of hydrogen-bond donors (Lipinski definition) is 0. The monoisotopic (exact) mass is 827 g/mol. The summed E-state index contributed by atoms with van der Waals surface area (Å²) in [5.74, 6) is 0. The van der Waals surface area contributed by atoms with Crippen LogP contribution in [0.3, 0.4) is 0 Å². The zero-order chi connectivity index (χ0) is 44.3. The molecule has 0 N–H and O–H groups in total. The van der Waals surface area contributed by atoms with E-state index >= 15 is 0 Å². The van der Waals surface area contributed by atoms with Gasteiger partial charge >= 0.3 is 0 Å². The molecule has 0 saturated carbocycles. The van der Waals surface area contributed by atoms with Crippen LogP contribution in [-0.4, -0.2) is 0 Å². The maximum absolute atomic E-state index is 2.64. The molecule has 0 aliphatic heterocycles. The average Bonchev–Trinajstić information content (AvgIpc) is 3.91.